The van der Waals surface area contributed by atoms with Gasteiger partial charge in [-0.3, -0.25) is 4.79 Å². The maximum Gasteiger partial charge on any atom is 0.262 e. The summed E-state index contributed by atoms with van der Waals surface area (Å²) in [4.78, 5) is 13.4. The molecule has 158 valence electrons. The monoisotopic (exact) mass is 446 g/mol. The summed E-state index contributed by atoms with van der Waals surface area (Å²) >= 11 is 1.32. The van der Waals surface area contributed by atoms with Crippen LogP contribution in [0.15, 0.2) is 64.9 Å². The van der Waals surface area contributed by atoms with Gasteiger partial charge in [-0.2, -0.15) is 4.31 Å². The molecule has 1 heterocycles. The van der Waals surface area contributed by atoms with Crippen molar-refractivity contribution in [3.05, 3.63) is 76.2 Å². The van der Waals surface area contributed by atoms with Gasteiger partial charge < -0.3 is 5.32 Å². The Kier molecular flexibility index (Phi) is 7.02. The molecular formula is C22H23FN2O3S2. The zero-order chi connectivity index (χ0) is 21.7. The van der Waals surface area contributed by atoms with Gasteiger partial charge in [-0.25, -0.2) is 12.8 Å². The molecule has 1 aromatic heterocycles. The lowest BCUT2D eigenvalue weighted by Crippen LogP contribution is -2.30. The predicted octanol–water partition coefficient (Wildman–Crippen LogP) is 4.51. The normalized spacial score (nSPS) is 11.6. The Morgan fingerprint density at radius 3 is 2.23 bits per heavy atom. The third-order valence-electron chi connectivity index (χ3n) is 4.75. The first-order valence-corrected chi connectivity index (χ1v) is 11.9. The molecule has 0 radical (unpaired) electrons. The van der Waals surface area contributed by atoms with Gasteiger partial charge in [0, 0.05) is 25.2 Å². The van der Waals surface area contributed by atoms with Gasteiger partial charge in [0.2, 0.25) is 10.0 Å². The summed E-state index contributed by atoms with van der Waals surface area (Å²) in [7, 11) is -3.50. The predicted molar refractivity (Wildman–Crippen MR) is 117 cm³/mol. The van der Waals surface area contributed by atoms with E-state index in [1.807, 2.05) is 11.4 Å². The van der Waals surface area contributed by atoms with Crippen LogP contribution >= 0.6 is 11.3 Å². The van der Waals surface area contributed by atoms with Crippen LogP contribution in [-0.2, 0) is 16.6 Å². The highest BCUT2D eigenvalue weighted by Gasteiger charge is 2.21. The first kappa shape index (κ1) is 22.1. The molecule has 0 aliphatic rings. The fraction of sp³-hybridized carbons (Fsp3) is 0.227. The van der Waals surface area contributed by atoms with Crippen LogP contribution in [-0.4, -0.2) is 31.7 Å². The number of hydrogen-bond donors (Lipinski definition) is 1. The summed E-state index contributed by atoms with van der Waals surface area (Å²) in [5.41, 5.74) is 2.31. The molecule has 0 atom stereocenters. The smallest absolute Gasteiger partial charge is 0.262 e. The van der Waals surface area contributed by atoms with Crippen molar-refractivity contribution in [3.8, 4) is 11.1 Å². The van der Waals surface area contributed by atoms with E-state index in [-0.39, 0.29) is 23.2 Å². The zero-order valence-electron chi connectivity index (χ0n) is 16.8. The number of halogens is 1. The minimum Gasteiger partial charge on any atom is -0.347 e. The van der Waals surface area contributed by atoms with Gasteiger partial charge >= 0.3 is 0 Å². The Bertz CT molecular complexity index is 1100. The van der Waals surface area contributed by atoms with Gasteiger partial charge in [0.1, 0.15) is 5.82 Å². The molecule has 3 aromatic rings. The lowest BCUT2D eigenvalue weighted by molar-refractivity contribution is 0.0955. The molecule has 0 saturated carbocycles. The van der Waals surface area contributed by atoms with Crippen molar-refractivity contribution in [3.63, 3.8) is 0 Å². The molecular weight excluding hydrogens is 423 g/mol. The van der Waals surface area contributed by atoms with Crippen molar-refractivity contribution in [2.45, 2.75) is 25.3 Å². The minimum atomic E-state index is -3.50. The molecule has 0 spiro atoms. The molecule has 30 heavy (non-hydrogen) atoms. The molecule has 1 amide bonds. The third-order valence-corrected chi connectivity index (χ3v) is 7.72. The molecule has 3 rings (SSSR count). The van der Waals surface area contributed by atoms with E-state index >= 15 is 0 Å². The maximum absolute atomic E-state index is 13.2. The molecule has 0 saturated heterocycles. The number of carbonyl (C=O) groups is 1. The number of rotatable bonds is 8. The molecule has 2 aromatic carbocycles. The van der Waals surface area contributed by atoms with Gasteiger partial charge in [-0.05, 0) is 46.8 Å². The van der Waals surface area contributed by atoms with E-state index < -0.39 is 10.0 Å². The molecule has 1 N–H and O–H groups in total. The van der Waals surface area contributed by atoms with Crippen LogP contribution in [0.1, 0.15) is 29.1 Å². The number of carbonyl (C=O) groups excluding carboxylic acids is 1. The lowest BCUT2D eigenvalue weighted by atomic mass is 10.1. The second-order valence-electron chi connectivity index (χ2n) is 6.59. The fourth-order valence-electron chi connectivity index (χ4n) is 3.10. The first-order valence-electron chi connectivity index (χ1n) is 9.57. The van der Waals surface area contributed by atoms with Crippen molar-refractivity contribution in [1.82, 2.24) is 9.62 Å². The van der Waals surface area contributed by atoms with E-state index in [4.69, 9.17) is 0 Å². The Morgan fingerprint density at radius 2 is 1.63 bits per heavy atom. The Morgan fingerprint density at radius 1 is 1.00 bits per heavy atom. The summed E-state index contributed by atoms with van der Waals surface area (Å²) in [6.07, 6.45) is 0. The average molecular weight is 447 g/mol. The van der Waals surface area contributed by atoms with Gasteiger partial charge in [0.05, 0.1) is 9.77 Å². The van der Waals surface area contributed by atoms with E-state index in [0.29, 0.717) is 18.0 Å². The van der Waals surface area contributed by atoms with Gasteiger partial charge in [-0.1, -0.05) is 38.1 Å². The number of amides is 1. The highest BCUT2D eigenvalue weighted by molar-refractivity contribution is 7.89. The largest absolute Gasteiger partial charge is 0.347 e. The number of hydrogen-bond acceptors (Lipinski definition) is 4. The highest BCUT2D eigenvalue weighted by Crippen LogP contribution is 2.28. The van der Waals surface area contributed by atoms with Crippen LogP contribution in [0.4, 0.5) is 4.39 Å². The highest BCUT2D eigenvalue weighted by atomic mass is 32.2. The van der Waals surface area contributed by atoms with Crippen LogP contribution in [0.2, 0.25) is 0 Å². The second-order valence-corrected chi connectivity index (χ2v) is 9.44. The number of thiophene rings is 1. The number of nitrogens with one attached hydrogen (secondary N) is 1. The molecule has 0 aliphatic heterocycles. The topological polar surface area (TPSA) is 66.5 Å². The van der Waals surface area contributed by atoms with Crippen molar-refractivity contribution < 1.29 is 17.6 Å². The SMILES string of the molecule is CCN(CC)S(=O)(=O)c1ccc(CNC(=O)c2sccc2-c2ccc(F)cc2)cc1. The Labute approximate surface area is 180 Å². The molecule has 0 fully saturated rings. The minimum absolute atomic E-state index is 0.232. The summed E-state index contributed by atoms with van der Waals surface area (Å²) in [5.74, 6) is -0.560. The number of sulfonamides is 1. The maximum atomic E-state index is 13.2. The van der Waals surface area contributed by atoms with Gasteiger partial charge in [0.25, 0.3) is 5.91 Å². The molecule has 0 aliphatic carbocycles. The molecule has 0 unspecified atom stereocenters. The van der Waals surface area contributed by atoms with Crippen LogP contribution in [0, 0.1) is 5.82 Å². The Hall–Kier alpha value is -2.55. The van der Waals surface area contributed by atoms with E-state index in [1.165, 1.54) is 27.8 Å². The fourth-order valence-corrected chi connectivity index (χ4v) is 5.39. The second kappa shape index (κ2) is 9.51. The van der Waals surface area contributed by atoms with Crippen LogP contribution in [0.5, 0.6) is 0 Å². The first-order chi connectivity index (χ1) is 14.4. The van der Waals surface area contributed by atoms with Crippen LogP contribution in [0.3, 0.4) is 0 Å². The number of nitrogens with zero attached hydrogens (tertiary/aromatic N) is 1. The van der Waals surface area contributed by atoms with E-state index in [1.54, 1.807) is 50.2 Å². The van der Waals surface area contributed by atoms with Crippen LogP contribution in [0.25, 0.3) is 11.1 Å². The summed E-state index contributed by atoms with van der Waals surface area (Å²) in [6.45, 7) is 4.69. The quantitative estimate of drug-likeness (QED) is 0.553. The van der Waals surface area contributed by atoms with E-state index in [2.05, 4.69) is 5.32 Å². The van der Waals surface area contributed by atoms with Crippen molar-refractivity contribution in [2.24, 2.45) is 0 Å². The molecule has 5 nitrogen and oxygen atoms in total. The molecule has 8 heteroatoms. The van der Waals surface area contributed by atoms with Crippen LogP contribution < -0.4 is 5.32 Å². The summed E-state index contributed by atoms with van der Waals surface area (Å²) in [5, 5.41) is 4.68. The van der Waals surface area contributed by atoms with E-state index in [0.717, 1.165) is 16.7 Å². The zero-order valence-corrected chi connectivity index (χ0v) is 18.4. The third kappa shape index (κ3) is 4.77. The standard InChI is InChI=1S/C22H23FN2O3S2/c1-3-25(4-2)30(27,28)19-11-5-16(6-12-19)15-24-22(26)21-20(13-14-29-21)17-7-9-18(23)10-8-17/h5-14H,3-4,15H2,1-2H3,(H,24,26). The molecule has 0 bridgehead atoms. The number of benzene rings is 2. The average Bonchev–Trinajstić information content (AvgIpc) is 3.23. The van der Waals surface area contributed by atoms with Gasteiger partial charge in [-0.15, -0.1) is 11.3 Å². The van der Waals surface area contributed by atoms with Gasteiger partial charge in [0.15, 0.2) is 0 Å². The van der Waals surface area contributed by atoms with Crippen molar-refractivity contribution >= 4 is 27.3 Å². The lowest BCUT2D eigenvalue weighted by Gasteiger charge is -2.18. The van der Waals surface area contributed by atoms with Crippen molar-refractivity contribution in [1.29, 1.82) is 0 Å². The van der Waals surface area contributed by atoms with E-state index in [9.17, 15) is 17.6 Å². The summed E-state index contributed by atoms with van der Waals surface area (Å²) in [6, 6.07) is 14.4. The Balaban J connectivity index is 1.69. The summed E-state index contributed by atoms with van der Waals surface area (Å²) < 4.78 is 39.7. The van der Waals surface area contributed by atoms with Crippen molar-refractivity contribution in [2.75, 3.05) is 13.1 Å².